The zero-order valence-corrected chi connectivity index (χ0v) is 19.8. The van der Waals surface area contributed by atoms with Crippen molar-refractivity contribution in [2.45, 2.75) is 71.8 Å². The Balaban J connectivity index is 1.73. The molecule has 2 aromatic carbocycles. The number of hydrogen-bond donors (Lipinski definition) is 0. The molecule has 0 saturated heterocycles. The van der Waals surface area contributed by atoms with Crippen molar-refractivity contribution in [2.75, 3.05) is 26.4 Å². The maximum atomic E-state index is 5.99. The average molecular weight is 413 g/mol. The SMILES string of the molecule is CC(C)(C)OCCCOCCOc1ccccc1CCc1ccc(C(C)(C)C)cc1. The highest BCUT2D eigenvalue weighted by atomic mass is 16.5. The van der Waals surface area contributed by atoms with E-state index in [1.165, 1.54) is 16.7 Å². The minimum absolute atomic E-state index is 0.0819. The van der Waals surface area contributed by atoms with E-state index in [1.54, 1.807) is 0 Å². The Hall–Kier alpha value is -1.84. The van der Waals surface area contributed by atoms with Crippen molar-refractivity contribution in [1.82, 2.24) is 0 Å². The fraction of sp³-hybridized carbons (Fsp3) is 0.556. The summed E-state index contributed by atoms with van der Waals surface area (Å²) >= 11 is 0. The molecule has 0 atom stereocenters. The van der Waals surface area contributed by atoms with Gasteiger partial charge in [0, 0.05) is 13.2 Å². The minimum atomic E-state index is -0.0819. The zero-order valence-electron chi connectivity index (χ0n) is 19.8. The fourth-order valence-electron chi connectivity index (χ4n) is 3.15. The van der Waals surface area contributed by atoms with Crippen LogP contribution in [0, 0.1) is 0 Å². The highest BCUT2D eigenvalue weighted by Crippen LogP contribution is 2.24. The molecule has 0 amide bonds. The molecule has 0 heterocycles. The van der Waals surface area contributed by atoms with Crippen LogP contribution in [-0.4, -0.2) is 32.0 Å². The summed E-state index contributed by atoms with van der Waals surface area (Å²) in [5.74, 6) is 0.962. The summed E-state index contributed by atoms with van der Waals surface area (Å²) in [6.45, 7) is 15.5. The quantitative estimate of drug-likeness (QED) is 0.401. The molecule has 0 aliphatic carbocycles. The molecule has 0 N–H and O–H groups in total. The zero-order chi connectivity index (χ0) is 22.0. The van der Waals surface area contributed by atoms with Gasteiger partial charge in [-0.25, -0.2) is 0 Å². The second kappa shape index (κ2) is 11.5. The van der Waals surface area contributed by atoms with E-state index < -0.39 is 0 Å². The molecule has 2 rings (SSSR count). The normalized spacial score (nSPS) is 12.2. The molecular formula is C27H40O3. The maximum Gasteiger partial charge on any atom is 0.122 e. The van der Waals surface area contributed by atoms with Crippen LogP contribution in [-0.2, 0) is 27.7 Å². The highest BCUT2D eigenvalue weighted by molar-refractivity contribution is 5.35. The van der Waals surface area contributed by atoms with E-state index in [9.17, 15) is 0 Å². The van der Waals surface area contributed by atoms with Crippen molar-refractivity contribution in [3.63, 3.8) is 0 Å². The topological polar surface area (TPSA) is 27.7 Å². The van der Waals surface area contributed by atoms with Crippen molar-refractivity contribution in [3.8, 4) is 5.75 Å². The smallest absolute Gasteiger partial charge is 0.122 e. The lowest BCUT2D eigenvalue weighted by Gasteiger charge is -2.19. The fourth-order valence-corrected chi connectivity index (χ4v) is 3.15. The first-order valence-electron chi connectivity index (χ1n) is 11.2. The van der Waals surface area contributed by atoms with Crippen molar-refractivity contribution in [2.24, 2.45) is 0 Å². The molecular weight excluding hydrogens is 372 g/mol. The summed E-state index contributed by atoms with van der Waals surface area (Å²) in [5.41, 5.74) is 4.09. The van der Waals surface area contributed by atoms with Gasteiger partial charge in [0.1, 0.15) is 12.4 Å². The van der Waals surface area contributed by atoms with E-state index in [0.717, 1.165) is 31.6 Å². The Labute approximate surface area is 183 Å². The molecule has 3 nitrogen and oxygen atoms in total. The third kappa shape index (κ3) is 9.32. The Morgan fingerprint density at radius 3 is 2.07 bits per heavy atom. The molecule has 3 heteroatoms. The lowest BCUT2D eigenvalue weighted by atomic mass is 9.86. The Bertz CT molecular complexity index is 736. The van der Waals surface area contributed by atoms with Gasteiger partial charge >= 0.3 is 0 Å². The minimum Gasteiger partial charge on any atom is -0.491 e. The number of ether oxygens (including phenoxy) is 3. The van der Waals surface area contributed by atoms with Gasteiger partial charge in [0.25, 0.3) is 0 Å². The van der Waals surface area contributed by atoms with Crippen LogP contribution in [0.3, 0.4) is 0 Å². The van der Waals surface area contributed by atoms with Crippen molar-refractivity contribution >= 4 is 0 Å². The first-order chi connectivity index (χ1) is 14.1. The van der Waals surface area contributed by atoms with Crippen LogP contribution in [0.2, 0.25) is 0 Å². The first-order valence-corrected chi connectivity index (χ1v) is 11.2. The van der Waals surface area contributed by atoms with Gasteiger partial charge in [-0.15, -0.1) is 0 Å². The Morgan fingerprint density at radius 2 is 1.40 bits per heavy atom. The molecule has 0 aliphatic heterocycles. The van der Waals surface area contributed by atoms with Crippen LogP contribution in [0.4, 0.5) is 0 Å². The second-order valence-electron chi connectivity index (χ2n) is 9.83. The van der Waals surface area contributed by atoms with Crippen LogP contribution in [0.1, 0.15) is 64.7 Å². The Kier molecular flexibility index (Phi) is 9.38. The molecule has 0 bridgehead atoms. The lowest BCUT2D eigenvalue weighted by molar-refractivity contribution is -0.0152. The van der Waals surface area contributed by atoms with Crippen LogP contribution >= 0.6 is 0 Å². The number of rotatable bonds is 11. The standard InChI is InChI=1S/C27H40O3/c1-26(2,3)24-16-13-22(14-17-24)12-15-23-10-7-8-11-25(23)29-21-20-28-18-9-19-30-27(4,5)6/h7-8,10-11,13-14,16-17H,9,12,15,18-21H2,1-6H3. The molecule has 0 aromatic heterocycles. The molecule has 0 fully saturated rings. The molecule has 0 aliphatic rings. The molecule has 2 aromatic rings. The summed E-state index contributed by atoms with van der Waals surface area (Å²) in [6.07, 6.45) is 2.88. The van der Waals surface area contributed by atoms with Crippen LogP contribution in [0.5, 0.6) is 5.75 Å². The van der Waals surface area contributed by atoms with Crippen LogP contribution in [0.25, 0.3) is 0 Å². The molecule has 30 heavy (non-hydrogen) atoms. The summed E-state index contributed by atoms with van der Waals surface area (Å²) in [6, 6.07) is 17.3. The van der Waals surface area contributed by atoms with Crippen molar-refractivity contribution in [3.05, 3.63) is 65.2 Å². The maximum absolute atomic E-state index is 5.99. The van der Waals surface area contributed by atoms with Gasteiger partial charge in [-0.1, -0.05) is 63.2 Å². The van der Waals surface area contributed by atoms with E-state index in [2.05, 4.69) is 84.0 Å². The van der Waals surface area contributed by atoms with Crippen LogP contribution in [0.15, 0.2) is 48.5 Å². The lowest BCUT2D eigenvalue weighted by Crippen LogP contribution is -2.20. The second-order valence-corrected chi connectivity index (χ2v) is 9.83. The van der Waals surface area contributed by atoms with E-state index in [4.69, 9.17) is 14.2 Å². The van der Waals surface area contributed by atoms with E-state index in [0.29, 0.717) is 19.8 Å². The summed E-state index contributed by atoms with van der Waals surface area (Å²) in [7, 11) is 0. The van der Waals surface area contributed by atoms with Crippen LogP contribution < -0.4 is 4.74 Å². The summed E-state index contributed by atoms with van der Waals surface area (Å²) < 4.78 is 17.4. The van der Waals surface area contributed by atoms with Gasteiger partial charge in [-0.05, 0) is 68.2 Å². The summed E-state index contributed by atoms with van der Waals surface area (Å²) in [5, 5.41) is 0. The number of hydrogen-bond acceptors (Lipinski definition) is 3. The third-order valence-electron chi connectivity index (χ3n) is 4.93. The number of para-hydroxylation sites is 1. The molecule has 166 valence electrons. The van der Waals surface area contributed by atoms with Gasteiger partial charge in [-0.3, -0.25) is 0 Å². The number of aryl methyl sites for hydroxylation is 2. The van der Waals surface area contributed by atoms with Gasteiger partial charge < -0.3 is 14.2 Å². The van der Waals surface area contributed by atoms with E-state index in [1.807, 2.05) is 6.07 Å². The van der Waals surface area contributed by atoms with Gasteiger partial charge in [0.2, 0.25) is 0 Å². The van der Waals surface area contributed by atoms with Crippen molar-refractivity contribution < 1.29 is 14.2 Å². The third-order valence-corrected chi connectivity index (χ3v) is 4.93. The van der Waals surface area contributed by atoms with Gasteiger partial charge in [0.15, 0.2) is 0 Å². The predicted molar refractivity (Wildman–Crippen MR) is 126 cm³/mol. The van der Waals surface area contributed by atoms with Crippen molar-refractivity contribution in [1.29, 1.82) is 0 Å². The average Bonchev–Trinajstić information content (AvgIpc) is 2.68. The molecule has 0 unspecified atom stereocenters. The van der Waals surface area contributed by atoms with E-state index in [-0.39, 0.29) is 11.0 Å². The molecule has 0 radical (unpaired) electrons. The predicted octanol–water partition coefficient (Wildman–Crippen LogP) is 6.37. The molecule has 0 saturated carbocycles. The number of benzene rings is 2. The first kappa shape index (κ1) is 24.4. The summed E-state index contributed by atoms with van der Waals surface area (Å²) in [4.78, 5) is 0. The highest BCUT2D eigenvalue weighted by Gasteiger charge is 2.13. The largest absolute Gasteiger partial charge is 0.491 e. The monoisotopic (exact) mass is 412 g/mol. The molecule has 0 spiro atoms. The van der Waals surface area contributed by atoms with Gasteiger partial charge in [0.05, 0.1) is 12.2 Å². The van der Waals surface area contributed by atoms with E-state index >= 15 is 0 Å². The Morgan fingerprint density at radius 1 is 0.700 bits per heavy atom. The van der Waals surface area contributed by atoms with Gasteiger partial charge in [-0.2, -0.15) is 0 Å².